The first kappa shape index (κ1) is 26.1. The van der Waals surface area contributed by atoms with Gasteiger partial charge >= 0.3 is 18.4 Å². The number of anilines is 3. The third kappa shape index (κ3) is 6.44. The Morgan fingerprint density at radius 2 is 1.51 bits per heavy atom. The van der Waals surface area contributed by atoms with E-state index in [0.29, 0.717) is 31.7 Å². The number of nitrogens with zero attached hydrogens (tertiary/aromatic N) is 4. The van der Waals surface area contributed by atoms with Crippen molar-refractivity contribution in [1.82, 2.24) is 20.3 Å². The molecule has 3 aromatic rings. The van der Waals surface area contributed by atoms with Gasteiger partial charge < -0.3 is 20.3 Å². The second kappa shape index (κ2) is 10.6. The molecule has 0 aliphatic carbocycles. The number of hydrogen-bond donors (Lipinski definition) is 2. The topological polar surface area (TPSA) is 92.3 Å². The van der Waals surface area contributed by atoms with Crippen LogP contribution in [0.4, 0.5) is 43.9 Å². The zero-order valence-corrected chi connectivity index (χ0v) is 19.0. The van der Waals surface area contributed by atoms with Gasteiger partial charge in [-0.3, -0.25) is 4.79 Å². The van der Waals surface area contributed by atoms with Crippen molar-refractivity contribution in [2.45, 2.75) is 18.5 Å². The van der Waals surface area contributed by atoms with Crippen LogP contribution in [0.3, 0.4) is 0 Å². The number of alkyl halides is 6. The van der Waals surface area contributed by atoms with Crippen LogP contribution in [0.25, 0.3) is 0 Å². The summed E-state index contributed by atoms with van der Waals surface area (Å²) in [6.07, 6.45) is -15.7. The second-order valence-electron chi connectivity index (χ2n) is 7.93. The molecule has 0 radical (unpaired) electrons. The molecule has 1 aromatic heterocycles. The van der Waals surface area contributed by atoms with E-state index >= 15 is 0 Å². The molecule has 37 heavy (non-hydrogen) atoms. The van der Waals surface area contributed by atoms with Crippen LogP contribution in [0, 0.1) is 0 Å². The summed E-state index contributed by atoms with van der Waals surface area (Å²) in [4.78, 5) is 26.1. The van der Waals surface area contributed by atoms with E-state index in [1.54, 1.807) is 47.4 Å². The van der Waals surface area contributed by atoms with Gasteiger partial charge in [-0.25, -0.2) is 0 Å². The van der Waals surface area contributed by atoms with Gasteiger partial charge in [0.05, 0.1) is 5.69 Å². The molecular weight excluding hydrogens is 506 g/mol. The number of benzene rings is 2. The first-order valence-electron chi connectivity index (χ1n) is 11.0. The van der Waals surface area contributed by atoms with Crippen LogP contribution in [-0.4, -0.2) is 65.4 Å². The Balaban J connectivity index is 1.71. The van der Waals surface area contributed by atoms with E-state index in [1.165, 1.54) is 12.1 Å². The first-order valence-corrected chi connectivity index (χ1v) is 11.0. The third-order valence-electron chi connectivity index (χ3n) is 5.27. The Morgan fingerprint density at radius 3 is 2.16 bits per heavy atom. The Kier molecular flexibility index (Phi) is 7.47. The highest BCUT2D eigenvalue weighted by atomic mass is 19.4. The van der Waals surface area contributed by atoms with Crippen molar-refractivity contribution in [2.75, 3.05) is 36.4 Å². The predicted octanol–water partition coefficient (Wildman–Crippen LogP) is 4.13. The number of nitrogens with one attached hydrogen (secondary N) is 2. The molecule has 14 heteroatoms. The van der Waals surface area contributed by atoms with Gasteiger partial charge in [-0.05, 0) is 12.1 Å². The minimum Gasteiger partial charge on any atom is -0.440 e. The SMILES string of the molecule is O=C(c1ccccc1)c1ccccc1Nc1nc(OC(C(F)(F)F)C(F)(F)F)nc(N2CCNCC2)n1. The minimum atomic E-state index is -5.76. The molecule has 1 fully saturated rings. The van der Waals surface area contributed by atoms with Crippen LogP contribution in [-0.2, 0) is 0 Å². The van der Waals surface area contributed by atoms with E-state index in [2.05, 4.69) is 30.3 Å². The normalized spacial score (nSPS) is 14.5. The van der Waals surface area contributed by atoms with E-state index < -0.39 is 30.4 Å². The fraction of sp³-hybridized carbons (Fsp3) is 0.304. The van der Waals surface area contributed by atoms with Gasteiger partial charge in [0.2, 0.25) is 11.9 Å². The van der Waals surface area contributed by atoms with E-state index in [1.807, 2.05) is 0 Å². The van der Waals surface area contributed by atoms with Gasteiger partial charge in [-0.15, -0.1) is 0 Å². The number of rotatable bonds is 7. The van der Waals surface area contributed by atoms with Crippen LogP contribution < -0.4 is 20.3 Å². The maximum atomic E-state index is 13.1. The van der Waals surface area contributed by atoms with Crippen molar-refractivity contribution in [2.24, 2.45) is 0 Å². The summed E-state index contributed by atoms with van der Waals surface area (Å²) < 4.78 is 83.0. The quantitative estimate of drug-likeness (QED) is 0.351. The van der Waals surface area contributed by atoms with Gasteiger partial charge in [0.15, 0.2) is 5.78 Å². The minimum absolute atomic E-state index is 0.177. The summed E-state index contributed by atoms with van der Waals surface area (Å²) in [6, 6.07) is 13.3. The van der Waals surface area contributed by atoms with Gasteiger partial charge in [0.1, 0.15) is 0 Å². The van der Waals surface area contributed by atoms with Crippen LogP contribution in [0.15, 0.2) is 54.6 Å². The highest BCUT2D eigenvalue weighted by Crippen LogP contribution is 2.36. The van der Waals surface area contributed by atoms with Crippen molar-refractivity contribution in [3.63, 3.8) is 0 Å². The van der Waals surface area contributed by atoms with Gasteiger partial charge in [-0.2, -0.15) is 41.3 Å². The van der Waals surface area contributed by atoms with Crippen LogP contribution in [0.5, 0.6) is 6.01 Å². The molecule has 0 unspecified atom stereocenters. The molecule has 2 N–H and O–H groups in total. The summed E-state index contributed by atoms with van der Waals surface area (Å²) in [5, 5.41) is 5.79. The van der Waals surface area contributed by atoms with Crippen molar-refractivity contribution >= 4 is 23.4 Å². The Bertz CT molecular complexity index is 1220. The molecule has 2 aromatic carbocycles. The highest BCUT2D eigenvalue weighted by molar-refractivity contribution is 6.12. The lowest BCUT2D eigenvalue weighted by molar-refractivity contribution is -0.301. The summed E-state index contributed by atoms with van der Waals surface area (Å²) in [7, 11) is 0. The van der Waals surface area contributed by atoms with Gasteiger partial charge in [0, 0.05) is 37.3 Å². The number of para-hydroxylation sites is 1. The zero-order valence-electron chi connectivity index (χ0n) is 19.0. The molecule has 0 saturated carbocycles. The number of halogens is 6. The molecule has 2 heterocycles. The lowest BCUT2D eigenvalue weighted by atomic mass is 10.0. The van der Waals surface area contributed by atoms with Crippen LogP contribution in [0.2, 0.25) is 0 Å². The lowest BCUT2D eigenvalue weighted by Crippen LogP contribution is -2.47. The van der Waals surface area contributed by atoms with Crippen LogP contribution >= 0.6 is 0 Å². The molecule has 0 amide bonds. The molecule has 1 aliphatic heterocycles. The standard InChI is InChI=1S/C23H20F6N6O2/c24-22(25,26)18(23(27,28)29)37-21-33-19(32-20(34-21)35-12-10-30-11-13-35)31-16-9-5-4-8-15(16)17(36)14-6-2-1-3-7-14/h1-9,18,30H,10-13H2,(H,31,32,33,34). The molecule has 1 aliphatic rings. The van der Waals surface area contributed by atoms with Crippen molar-refractivity contribution in [3.05, 3.63) is 65.7 Å². The molecule has 4 rings (SSSR count). The first-order chi connectivity index (χ1) is 17.5. The molecule has 0 atom stereocenters. The molecule has 1 saturated heterocycles. The molecule has 0 bridgehead atoms. The van der Waals surface area contributed by atoms with E-state index in [9.17, 15) is 31.1 Å². The van der Waals surface area contributed by atoms with E-state index in [0.717, 1.165) is 0 Å². The maximum absolute atomic E-state index is 13.1. The number of ether oxygens (including phenoxy) is 1. The average Bonchev–Trinajstić information content (AvgIpc) is 2.87. The largest absolute Gasteiger partial charge is 0.440 e. The van der Waals surface area contributed by atoms with E-state index in [-0.39, 0.29) is 23.0 Å². The highest BCUT2D eigenvalue weighted by Gasteiger charge is 2.59. The third-order valence-corrected chi connectivity index (χ3v) is 5.27. The zero-order chi connectivity index (χ0) is 26.6. The Morgan fingerprint density at radius 1 is 0.892 bits per heavy atom. The summed E-state index contributed by atoms with van der Waals surface area (Å²) in [6.45, 7) is 1.67. The Labute approximate surface area is 206 Å². The maximum Gasteiger partial charge on any atom is 0.434 e. The fourth-order valence-electron chi connectivity index (χ4n) is 3.54. The average molecular weight is 526 g/mol. The second-order valence-corrected chi connectivity index (χ2v) is 7.93. The monoisotopic (exact) mass is 526 g/mol. The smallest absolute Gasteiger partial charge is 0.434 e. The fourth-order valence-corrected chi connectivity index (χ4v) is 3.54. The number of hydrogen-bond acceptors (Lipinski definition) is 8. The molecular formula is C23H20F6N6O2. The van der Waals surface area contributed by atoms with Crippen molar-refractivity contribution in [3.8, 4) is 6.01 Å². The summed E-state index contributed by atoms with van der Waals surface area (Å²) in [5.74, 6) is -0.940. The number of aromatic nitrogens is 3. The number of carbonyl (C=O) groups excluding carboxylic acids is 1. The van der Waals surface area contributed by atoms with Gasteiger partial charge in [-0.1, -0.05) is 42.5 Å². The lowest BCUT2D eigenvalue weighted by Gasteiger charge is -2.28. The van der Waals surface area contributed by atoms with Gasteiger partial charge in [0.25, 0.3) is 6.10 Å². The molecule has 0 spiro atoms. The molecule has 8 nitrogen and oxygen atoms in total. The number of piperazine rings is 1. The van der Waals surface area contributed by atoms with Crippen molar-refractivity contribution in [1.29, 1.82) is 0 Å². The van der Waals surface area contributed by atoms with Crippen molar-refractivity contribution < 1.29 is 35.9 Å². The number of ketones is 1. The Hall–Kier alpha value is -3.94. The molecule has 196 valence electrons. The van der Waals surface area contributed by atoms with E-state index in [4.69, 9.17) is 0 Å². The summed E-state index contributed by atoms with van der Waals surface area (Å²) >= 11 is 0. The summed E-state index contributed by atoms with van der Waals surface area (Å²) in [5.41, 5.74) is 0.739. The predicted molar refractivity (Wildman–Crippen MR) is 121 cm³/mol. The number of carbonyl (C=O) groups is 1. The van der Waals surface area contributed by atoms with Crippen LogP contribution in [0.1, 0.15) is 15.9 Å².